The summed E-state index contributed by atoms with van der Waals surface area (Å²) in [6, 6.07) is 6.55. The van der Waals surface area contributed by atoms with Gasteiger partial charge in [-0.2, -0.15) is 0 Å². The highest BCUT2D eigenvalue weighted by atomic mass is 16.2. The van der Waals surface area contributed by atoms with E-state index in [-0.39, 0.29) is 18.9 Å². The standard InChI is InChI=1S/C14H17N3O3/c1-9(18)17(11-5-3-4-10(15)6-11)13(20)14(2)7-12(19)16-8-14/h3-6H,7-8,15H2,1-2H3,(H,16,19). The van der Waals surface area contributed by atoms with Crippen LogP contribution in [0.5, 0.6) is 0 Å². The zero-order valence-electron chi connectivity index (χ0n) is 11.5. The number of imide groups is 1. The first-order valence-corrected chi connectivity index (χ1v) is 6.31. The van der Waals surface area contributed by atoms with E-state index in [4.69, 9.17) is 5.73 Å². The molecular weight excluding hydrogens is 258 g/mol. The van der Waals surface area contributed by atoms with E-state index in [2.05, 4.69) is 5.32 Å². The molecule has 1 heterocycles. The summed E-state index contributed by atoms with van der Waals surface area (Å²) in [5.41, 5.74) is 5.66. The molecule has 0 spiro atoms. The number of hydrogen-bond acceptors (Lipinski definition) is 4. The minimum atomic E-state index is -0.909. The van der Waals surface area contributed by atoms with Gasteiger partial charge in [0.05, 0.1) is 11.1 Å². The van der Waals surface area contributed by atoms with Crippen LogP contribution >= 0.6 is 0 Å². The lowest BCUT2D eigenvalue weighted by Gasteiger charge is -2.28. The van der Waals surface area contributed by atoms with Gasteiger partial charge in [0.1, 0.15) is 0 Å². The molecule has 106 valence electrons. The fraction of sp³-hybridized carbons (Fsp3) is 0.357. The zero-order chi connectivity index (χ0) is 14.9. The van der Waals surface area contributed by atoms with E-state index in [1.54, 1.807) is 31.2 Å². The fourth-order valence-electron chi connectivity index (χ4n) is 2.30. The number of carbonyl (C=O) groups is 3. The lowest BCUT2D eigenvalue weighted by atomic mass is 9.87. The van der Waals surface area contributed by atoms with Crippen LogP contribution in [-0.4, -0.2) is 24.3 Å². The molecule has 3 N–H and O–H groups in total. The van der Waals surface area contributed by atoms with Crippen molar-refractivity contribution in [2.24, 2.45) is 5.41 Å². The minimum Gasteiger partial charge on any atom is -0.399 e. The Kier molecular flexibility index (Phi) is 3.48. The van der Waals surface area contributed by atoms with Crippen molar-refractivity contribution >= 4 is 29.1 Å². The van der Waals surface area contributed by atoms with Crippen LogP contribution in [0.4, 0.5) is 11.4 Å². The van der Waals surface area contributed by atoms with Gasteiger partial charge in [0.2, 0.25) is 17.7 Å². The Bertz CT molecular complexity index is 585. The maximum Gasteiger partial charge on any atom is 0.241 e. The van der Waals surface area contributed by atoms with Gasteiger partial charge in [-0.15, -0.1) is 0 Å². The molecule has 0 aliphatic carbocycles. The number of nitrogens with one attached hydrogen (secondary N) is 1. The zero-order valence-corrected chi connectivity index (χ0v) is 11.5. The Morgan fingerprint density at radius 3 is 2.60 bits per heavy atom. The van der Waals surface area contributed by atoms with Crippen LogP contribution in [0.15, 0.2) is 24.3 Å². The molecule has 2 rings (SSSR count). The Morgan fingerprint density at radius 2 is 2.10 bits per heavy atom. The van der Waals surface area contributed by atoms with Gasteiger partial charge in [-0.25, -0.2) is 0 Å². The third kappa shape index (κ3) is 2.49. The van der Waals surface area contributed by atoms with Gasteiger partial charge >= 0.3 is 0 Å². The van der Waals surface area contributed by atoms with Crippen molar-refractivity contribution in [3.63, 3.8) is 0 Å². The molecular formula is C14H17N3O3. The lowest BCUT2D eigenvalue weighted by Crippen LogP contribution is -2.46. The second-order valence-electron chi connectivity index (χ2n) is 5.27. The fourth-order valence-corrected chi connectivity index (χ4v) is 2.30. The van der Waals surface area contributed by atoms with Crippen molar-refractivity contribution < 1.29 is 14.4 Å². The van der Waals surface area contributed by atoms with Crippen molar-refractivity contribution in [2.45, 2.75) is 20.3 Å². The monoisotopic (exact) mass is 275 g/mol. The molecule has 0 aromatic heterocycles. The van der Waals surface area contributed by atoms with Crippen molar-refractivity contribution in [1.29, 1.82) is 0 Å². The van der Waals surface area contributed by atoms with E-state index in [1.165, 1.54) is 6.92 Å². The van der Waals surface area contributed by atoms with Gasteiger partial charge in [0.15, 0.2) is 0 Å². The van der Waals surface area contributed by atoms with Gasteiger partial charge < -0.3 is 11.1 Å². The van der Waals surface area contributed by atoms with E-state index < -0.39 is 17.2 Å². The molecule has 1 atom stereocenters. The second kappa shape index (κ2) is 4.96. The van der Waals surface area contributed by atoms with E-state index in [9.17, 15) is 14.4 Å². The highest BCUT2D eigenvalue weighted by Gasteiger charge is 2.44. The Balaban J connectivity index is 2.37. The van der Waals surface area contributed by atoms with Crippen LogP contribution in [0, 0.1) is 5.41 Å². The van der Waals surface area contributed by atoms with E-state index in [1.807, 2.05) is 0 Å². The normalized spacial score (nSPS) is 21.4. The molecule has 1 fully saturated rings. The number of nitrogens with two attached hydrogens (primary N) is 1. The molecule has 0 bridgehead atoms. The number of carbonyl (C=O) groups excluding carboxylic acids is 3. The Labute approximate surface area is 116 Å². The maximum atomic E-state index is 12.6. The minimum absolute atomic E-state index is 0.0813. The topological polar surface area (TPSA) is 92.5 Å². The molecule has 1 aromatic carbocycles. The average molecular weight is 275 g/mol. The highest BCUT2D eigenvalue weighted by Crippen LogP contribution is 2.31. The first-order chi connectivity index (χ1) is 9.33. The summed E-state index contributed by atoms with van der Waals surface area (Å²) in [5.74, 6) is -0.980. The van der Waals surface area contributed by atoms with Crippen molar-refractivity contribution in [3.05, 3.63) is 24.3 Å². The number of benzene rings is 1. The number of hydrogen-bond donors (Lipinski definition) is 2. The van der Waals surface area contributed by atoms with E-state index in [0.717, 1.165) is 4.90 Å². The third-order valence-corrected chi connectivity index (χ3v) is 3.39. The summed E-state index contributed by atoms with van der Waals surface area (Å²) in [5, 5.41) is 2.63. The summed E-state index contributed by atoms with van der Waals surface area (Å²) in [7, 11) is 0. The van der Waals surface area contributed by atoms with Crippen molar-refractivity contribution in [3.8, 4) is 0 Å². The van der Waals surface area contributed by atoms with Gasteiger partial charge in [-0.05, 0) is 25.1 Å². The van der Waals surface area contributed by atoms with Crippen LogP contribution in [0.1, 0.15) is 20.3 Å². The average Bonchev–Trinajstić information content (AvgIpc) is 2.70. The lowest BCUT2D eigenvalue weighted by molar-refractivity contribution is -0.132. The highest BCUT2D eigenvalue weighted by molar-refractivity contribution is 6.17. The predicted molar refractivity (Wildman–Crippen MR) is 74.8 cm³/mol. The van der Waals surface area contributed by atoms with E-state index in [0.29, 0.717) is 11.4 Å². The molecule has 0 radical (unpaired) electrons. The van der Waals surface area contributed by atoms with Crippen molar-refractivity contribution in [1.82, 2.24) is 5.32 Å². The summed E-state index contributed by atoms with van der Waals surface area (Å²) < 4.78 is 0. The smallest absolute Gasteiger partial charge is 0.241 e. The molecule has 0 saturated carbocycles. The van der Waals surface area contributed by atoms with Gasteiger partial charge in [0.25, 0.3) is 0 Å². The summed E-state index contributed by atoms with van der Waals surface area (Å²) in [4.78, 5) is 36.9. The molecule has 3 amide bonds. The van der Waals surface area contributed by atoms with Crippen LogP contribution in [-0.2, 0) is 14.4 Å². The summed E-state index contributed by atoms with van der Waals surface area (Å²) >= 11 is 0. The molecule has 1 saturated heterocycles. The number of rotatable bonds is 2. The van der Waals surface area contributed by atoms with Crippen LogP contribution in [0.25, 0.3) is 0 Å². The quantitative estimate of drug-likeness (QED) is 0.776. The Morgan fingerprint density at radius 1 is 1.40 bits per heavy atom. The molecule has 6 heteroatoms. The number of amides is 3. The van der Waals surface area contributed by atoms with Gasteiger partial charge in [0, 0.05) is 25.6 Å². The first kappa shape index (κ1) is 14.0. The number of anilines is 2. The first-order valence-electron chi connectivity index (χ1n) is 6.31. The molecule has 20 heavy (non-hydrogen) atoms. The molecule has 1 aliphatic heterocycles. The predicted octanol–water partition coefficient (Wildman–Crippen LogP) is 0.674. The van der Waals surface area contributed by atoms with Gasteiger partial charge in [-0.1, -0.05) is 6.07 Å². The van der Waals surface area contributed by atoms with Crippen LogP contribution in [0.3, 0.4) is 0 Å². The SMILES string of the molecule is CC(=O)N(C(=O)C1(C)CNC(=O)C1)c1cccc(N)c1. The third-order valence-electron chi connectivity index (χ3n) is 3.39. The number of nitrogens with zero attached hydrogens (tertiary/aromatic N) is 1. The summed E-state index contributed by atoms with van der Waals surface area (Å²) in [6.45, 7) is 3.22. The second-order valence-corrected chi connectivity index (χ2v) is 5.27. The van der Waals surface area contributed by atoms with Gasteiger partial charge in [-0.3, -0.25) is 19.3 Å². The summed E-state index contributed by atoms with van der Waals surface area (Å²) in [6.07, 6.45) is 0.0813. The molecule has 1 aliphatic rings. The Hall–Kier alpha value is -2.37. The molecule has 6 nitrogen and oxygen atoms in total. The number of nitrogen functional groups attached to an aromatic ring is 1. The van der Waals surface area contributed by atoms with Crippen LogP contribution < -0.4 is 16.0 Å². The molecule has 1 aromatic rings. The van der Waals surface area contributed by atoms with Crippen molar-refractivity contribution in [2.75, 3.05) is 17.2 Å². The van der Waals surface area contributed by atoms with Crippen LogP contribution in [0.2, 0.25) is 0 Å². The molecule has 1 unspecified atom stereocenters. The largest absolute Gasteiger partial charge is 0.399 e. The van der Waals surface area contributed by atoms with E-state index >= 15 is 0 Å². The maximum absolute atomic E-state index is 12.6.